The number of aliphatic hydroxyl groups is 4. The first kappa shape index (κ1) is 27.3. The maximum Gasteiger partial charge on any atom is 1.00 e. The van der Waals surface area contributed by atoms with Crippen molar-refractivity contribution in [2.24, 2.45) is 5.16 Å². The third-order valence-electron chi connectivity index (χ3n) is 3.09. The minimum atomic E-state index is -5.05. The standard InChI is InChI=1S/C12H21NO9S3.K/c1-23-5-3-2-4-8(13-22-25(18,19)20)24-12-11(17)10(16)9(15)7(6-14)21-12;/h3,5,7,9-12,14-17H,2,4,6H2,1H3,(H,18,19,20);/q;+1/p-1/b5-3+,13-8+;. The number of ether oxygens (including phenoxy) is 1. The second-order valence-electron chi connectivity index (χ2n) is 4.93. The van der Waals surface area contributed by atoms with Crippen LogP contribution in [-0.2, 0) is 19.4 Å². The number of thioether (sulfide) groups is 2. The van der Waals surface area contributed by atoms with Crippen molar-refractivity contribution in [2.75, 3.05) is 12.9 Å². The molecule has 5 unspecified atom stereocenters. The zero-order valence-electron chi connectivity index (χ0n) is 14.2. The number of hydrogen-bond acceptors (Lipinski definition) is 12. The van der Waals surface area contributed by atoms with E-state index in [9.17, 15) is 28.3 Å². The van der Waals surface area contributed by atoms with Crippen LogP contribution in [0, 0.1) is 0 Å². The van der Waals surface area contributed by atoms with Gasteiger partial charge < -0.3 is 29.7 Å². The molecule has 1 aliphatic heterocycles. The SMILES string of the molecule is CS/C=C/CC/C(=N\OS(=O)(=O)[O-])SC1OC(CO)C(O)C(O)C1O.[K+]. The number of allylic oxidation sites excluding steroid dienone is 1. The Balaban J connectivity index is 0.00000625. The number of rotatable bonds is 8. The van der Waals surface area contributed by atoms with Gasteiger partial charge in [0.2, 0.25) is 0 Å². The number of aliphatic hydroxyl groups excluding tert-OH is 4. The molecule has 26 heavy (non-hydrogen) atoms. The van der Waals surface area contributed by atoms with Gasteiger partial charge in [-0.3, -0.25) is 4.28 Å². The third kappa shape index (κ3) is 9.64. The molecule has 0 spiro atoms. The third-order valence-corrected chi connectivity index (χ3v) is 4.98. The van der Waals surface area contributed by atoms with Crippen molar-refractivity contribution in [3.63, 3.8) is 0 Å². The summed E-state index contributed by atoms with van der Waals surface area (Å²) in [5.41, 5.74) is -1.16. The molecule has 0 saturated carbocycles. The van der Waals surface area contributed by atoms with Gasteiger partial charge in [-0.2, -0.15) is 8.42 Å². The van der Waals surface area contributed by atoms with E-state index >= 15 is 0 Å². The van der Waals surface area contributed by atoms with Crippen molar-refractivity contribution in [2.45, 2.75) is 42.7 Å². The van der Waals surface area contributed by atoms with E-state index < -0.39 is 46.9 Å². The Bertz CT molecular complexity index is 572. The van der Waals surface area contributed by atoms with Gasteiger partial charge in [0.25, 0.3) is 10.4 Å². The Labute approximate surface area is 202 Å². The van der Waals surface area contributed by atoms with Crippen LogP contribution in [0.1, 0.15) is 12.8 Å². The Hall–Kier alpha value is 1.26. The fourth-order valence-corrected chi connectivity index (χ4v) is 3.52. The van der Waals surface area contributed by atoms with Gasteiger partial charge in [-0.1, -0.05) is 23.0 Å². The molecule has 1 heterocycles. The Morgan fingerprint density at radius 3 is 2.50 bits per heavy atom. The van der Waals surface area contributed by atoms with Crippen LogP contribution in [0.4, 0.5) is 0 Å². The first-order valence-electron chi connectivity index (χ1n) is 7.06. The summed E-state index contributed by atoms with van der Waals surface area (Å²) in [5, 5.41) is 43.7. The average Bonchev–Trinajstić information content (AvgIpc) is 2.55. The van der Waals surface area contributed by atoms with Crippen LogP contribution in [0.5, 0.6) is 0 Å². The first-order valence-corrected chi connectivity index (χ1v) is 10.6. The van der Waals surface area contributed by atoms with Crippen molar-refractivity contribution in [3.8, 4) is 0 Å². The maximum absolute atomic E-state index is 10.6. The monoisotopic (exact) mass is 457 g/mol. The van der Waals surface area contributed by atoms with E-state index in [0.717, 1.165) is 11.8 Å². The fraction of sp³-hybridized carbons (Fsp3) is 0.750. The molecule has 10 nitrogen and oxygen atoms in total. The van der Waals surface area contributed by atoms with Crippen LogP contribution in [0.3, 0.4) is 0 Å². The number of nitrogens with zero attached hydrogens (tertiary/aromatic N) is 1. The van der Waals surface area contributed by atoms with Crippen LogP contribution in [0.15, 0.2) is 16.6 Å². The van der Waals surface area contributed by atoms with Crippen LogP contribution in [0.2, 0.25) is 0 Å². The zero-order chi connectivity index (χ0) is 19.0. The van der Waals surface area contributed by atoms with Crippen LogP contribution >= 0.6 is 23.5 Å². The molecule has 0 aromatic heterocycles. The van der Waals surface area contributed by atoms with Crippen LogP contribution < -0.4 is 51.4 Å². The molecule has 5 atom stereocenters. The van der Waals surface area contributed by atoms with E-state index in [0.29, 0.717) is 6.42 Å². The van der Waals surface area contributed by atoms with Crippen molar-refractivity contribution in [1.29, 1.82) is 0 Å². The molecule has 146 valence electrons. The van der Waals surface area contributed by atoms with Gasteiger partial charge in [0.15, 0.2) is 0 Å². The Morgan fingerprint density at radius 1 is 1.31 bits per heavy atom. The molecule has 0 aromatic carbocycles. The summed E-state index contributed by atoms with van der Waals surface area (Å²) >= 11 is 2.18. The molecule has 1 aliphatic rings. The summed E-state index contributed by atoms with van der Waals surface area (Å²) in [6.45, 7) is -0.601. The first-order chi connectivity index (χ1) is 11.7. The van der Waals surface area contributed by atoms with E-state index in [1.807, 2.05) is 6.26 Å². The molecule has 0 bridgehead atoms. The molecule has 1 saturated heterocycles. The molecule has 4 N–H and O–H groups in total. The summed E-state index contributed by atoms with van der Waals surface area (Å²) in [6.07, 6.45) is -1.50. The smallest absolute Gasteiger partial charge is 0.714 e. The summed E-state index contributed by atoms with van der Waals surface area (Å²) in [6, 6.07) is 0. The van der Waals surface area contributed by atoms with Gasteiger partial charge >= 0.3 is 51.4 Å². The minimum Gasteiger partial charge on any atom is -0.714 e. The molecular formula is C12H20KNO9S3. The van der Waals surface area contributed by atoms with Gasteiger partial charge in [0.05, 0.1) is 6.61 Å². The summed E-state index contributed by atoms with van der Waals surface area (Å²) in [5.74, 6) is 0. The van der Waals surface area contributed by atoms with Gasteiger partial charge in [0, 0.05) is 6.42 Å². The summed E-state index contributed by atoms with van der Waals surface area (Å²) in [7, 11) is -5.05. The van der Waals surface area contributed by atoms with Crippen molar-refractivity contribution in [1.82, 2.24) is 0 Å². The number of oxime groups is 1. The van der Waals surface area contributed by atoms with Crippen molar-refractivity contribution in [3.05, 3.63) is 11.5 Å². The van der Waals surface area contributed by atoms with Gasteiger partial charge in [-0.05, 0) is 18.1 Å². The van der Waals surface area contributed by atoms with E-state index in [1.54, 1.807) is 11.5 Å². The van der Waals surface area contributed by atoms with E-state index in [2.05, 4.69) is 9.44 Å². The van der Waals surface area contributed by atoms with E-state index in [1.165, 1.54) is 11.8 Å². The van der Waals surface area contributed by atoms with Gasteiger partial charge in [-0.25, -0.2) is 0 Å². The predicted molar refractivity (Wildman–Crippen MR) is 91.5 cm³/mol. The Morgan fingerprint density at radius 2 is 1.96 bits per heavy atom. The molecule has 1 fully saturated rings. The number of hydrogen-bond donors (Lipinski definition) is 4. The predicted octanol–water partition coefficient (Wildman–Crippen LogP) is -4.03. The quantitative estimate of drug-likeness (QED) is 0.0699. The molecule has 0 amide bonds. The molecule has 0 radical (unpaired) electrons. The molecule has 0 aliphatic carbocycles. The minimum absolute atomic E-state index is 0. The largest absolute Gasteiger partial charge is 1.00 e. The van der Waals surface area contributed by atoms with E-state index in [-0.39, 0.29) is 62.8 Å². The molecule has 14 heteroatoms. The maximum atomic E-state index is 10.6. The molecular weight excluding hydrogens is 437 g/mol. The van der Waals surface area contributed by atoms with Crippen LogP contribution in [-0.4, -0.2) is 81.2 Å². The van der Waals surface area contributed by atoms with Gasteiger partial charge in [0.1, 0.15) is 34.9 Å². The second-order valence-corrected chi connectivity index (χ2v) is 7.81. The van der Waals surface area contributed by atoms with Crippen LogP contribution in [0.25, 0.3) is 0 Å². The fourth-order valence-electron chi connectivity index (χ4n) is 1.88. The molecule has 0 aromatic rings. The van der Waals surface area contributed by atoms with Crippen molar-refractivity contribution >= 4 is 39.0 Å². The Kier molecular flexibility index (Phi) is 14.1. The second kappa shape index (κ2) is 13.5. The normalized spacial score (nSPS) is 30.2. The topological polar surface area (TPSA) is 169 Å². The summed E-state index contributed by atoms with van der Waals surface area (Å²) < 4.78 is 40.9. The zero-order valence-corrected chi connectivity index (χ0v) is 19.7. The van der Waals surface area contributed by atoms with Gasteiger partial charge in [-0.15, -0.1) is 11.8 Å². The average molecular weight is 458 g/mol. The summed E-state index contributed by atoms with van der Waals surface area (Å²) in [4.78, 5) is 0. The molecule has 1 rings (SSSR count). The van der Waals surface area contributed by atoms with Crippen molar-refractivity contribution < 1.29 is 93.8 Å². The van der Waals surface area contributed by atoms with E-state index in [4.69, 9.17) is 9.84 Å².